The van der Waals surface area contributed by atoms with Gasteiger partial charge in [-0.05, 0) is 68.0 Å². The lowest BCUT2D eigenvalue weighted by molar-refractivity contribution is -0.148. The average molecular weight is 361 g/mol. The van der Waals surface area contributed by atoms with Gasteiger partial charge in [0.2, 0.25) is 5.28 Å². The molecular formula is C18H21ClN4O2. The van der Waals surface area contributed by atoms with Crippen LogP contribution in [0, 0.1) is 17.8 Å². The zero-order valence-electron chi connectivity index (χ0n) is 13.9. The number of aliphatic carboxylic acids is 1. The Balaban J connectivity index is 1.54. The number of carboxylic acid groups (broad SMARTS) is 1. The van der Waals surface area contributed by atoms with Crippen molar-refractivity contribution in [2.24, 2.45) is 17.8 Å². The van der Waals surface area contributed by atoms with E-state index in [1.165, 1.54) is 12.8 Å². The minimum absolute atomic E-state index is 0.0801. The number of nitrogens with zero attached hydrogens (tertiary/aromatic N) is 3. The Morgan fingerprint density at radius 1 is 1.16 bits per heavy atom. The molecule has 0 aliphatic heterocycles. The molecule has 2 unspecified atom stereocenters. The maximum atomic E-state index is 11.9. The molecule has 2 aromatic rings. The quantitative estimate of drug-likeness (QED) is 0.812. The summed E-state index contributed by atoms with van der Waals surface area (Å²) in [4.78, 5) is 20.7. The summed E-state index contributed by atoms with van der Waals surface area (Å²) in [6.07, 6.45) is 8.62. The van der Waals surface area contributed by atoms with Gasteiger partial charge in [-0.15, -0.1) is 0 Å². The Hall–Kier alpha value is -1.82. The van der Waals surface area contributed by atoms with Crippen LogP contribution in [0.2, 0.25) is 5.28 Å². The molecule has 6 nitrogen and oxygen atoms in total. The Labute approximate surface area is 150 Å². The van der Waals surface area contributed by atoms with Gasteiger partial charge in [0.25, 0.3) is 0 Å². The molecule has 4 saturated carbocycles. The van der Waals surface area contributed by atoms with Crippen molar-refractivity contribution in [1.29, 1.82) is 0 Å². The van der Waals surface area contributed by atoms with Crippen molar-refractivity contribution in [3.63, 3.8) is 0 Å². The SMILES string of the molecule is O=C(O)C1C2CCC(CC2)C1Nc1nc(Cl)nc2c1ccn2C1CC1. The second-order valence-corrected chi connectivity index (χ2v) is 8.08. The van der Waals surface area contributed by atoms with Gasteiger partial charge in [-0.25, -0.2) is 4.98 Å². The summed E-state index contributed by atoms with van der Waals surface area (Å²) in [5.74, 6) is 0.295. The fourth-order valence-corrected chi connectivity index (χ4v) is 5.10. The molecule has 2 aromatic heterocycles. The monoisotopic (exact) mass is 360 g/mol. The lowest BCUT2D eigenvalue weighted by atomic mass is 9.61. The largest absolute Gasteiger partial charge is 0.481 e. The molecule has 4 aliphatic rings. The molecule has 2 bridgehead atoms. The molecule has 4 fully saturated rings. The third kappa shape index (κ3) is 2.49. The summed E-state index contributed by atoms with van der Waals surface area (Å²) in [7, 11) is 0. The van der Waals surface area contributed by atoms with E-state index in [0.717, 1.165) is 36.7 Å². The number of nitrogens with one attached hydrogen (secondary N) is 1. The minimum atomic E-state index is -0.696. The molecule has 7 heteroatoms. The van der Waals surface area contributed by atoms with Crippen LogP contribution in [-0.2, 0) is 4.79 Å². The van der Waals surface area contributed by atoms with Crippen LogP contribution < -0.4 is 5.32 Å². The summed E-state index contributed by atoms with van der Waals surface area (Å²) in [6.45, 7) is 0. The first-order chi connectivity index (χ1) is 12.1. The Bertz CT molecular complexity index is 839. The van der Waals surface area contributed by atoms with Crippen LogP contribution in [0.1, 0.15) is 44.6 Å². The van der Waals surface area contributed by atoms with Gasteiger partial charge in [-0.1, -0.05) is 0 Å². The lowest BCUT2D eigenvalue weighted by Gasteiger charge is -2.47. The Morgan fingerprint density at radius 2 is 1.88 bits per heavy atom. The molecule has 0 amide bonds. The van der Waals surface area contributed by atoms with E-state index in [0.29, 0.717) is 17.8 Å². The molecular weight excluding hydrogens is 340 g/mol. The lowest BCUT2D eigenvalue weighted by Crippen LogP contribution is -2.51. The summed E-state index contributed by atoms with van der Waals surface area (Å²) < 4.78 is 2.16. The van der Waals surface area contributed by atoms with Gasteiger partial charge in [0.1, 0.15) is 11.5 Å². The van der Waals surface area contributed by atoms with Crippen LogP contribution in [0.4, 0.5) is 5.82 Å². The number of carboxylic acids is 1. The molecule has 4 aliphatic carbocycles. The van der Waals surface area contributed by atoms with Gasteiger partial charge >= 0.3 is 5.97 Å². The number of aromatic nitrogens is 3. The molecule has 132 valence electrons. The van der Waals surface area contributed by atoms with Crippen molar-refractivity contribution in [3.05, 3.63) is 17.5 Å². The highest BCUT2D eigenvalue weighted by molar-refractivity contribution is 6.28. The van der Waals surface area contributed by atoms with Crippen LogP contribution in [0.15, 0.2) is 12.3 Å². The van der Waals surface area contributed by atoms with Crippen molar-refractivity contribution in [2.45, 2.75) is 50.6 Å². The summed E-state index contributed by atoms with van der Waals surface area (Å²) in [6, 6.07) is 2.45. The van der Waals surface area contributed by atoms with Crippen molar-refractivity contribution in [3.8, 4) is 0 Å². The van der Waals surface area contributed by atoms with Crippen LogP contribution in [0.3, 0.4) is 0 Å². The highest BCUT2D eigenvalue weighted by Gasteiger charge is 2.47. The number of anilines is 1. The fraction of sp³-hybridized carbons (Fsp3) is 0.611. The molecule has 0 aromatic carbocycles. The van der Waals surface area contributed by atoms with E-state index in [2.05, 4.69) is 19.9 Å². The molecule has 0 saturated heterocycles. The highest BCUT2D eigenvalue weighted by atomic mass is 35.5. The van der Waals surface area contributed by atoms with Crippen molar-refractivity contribution < 1.29 is 9.90 Å². The van der Waals surface area contributed by atoms with Gasteiger partial charge in [-0.3, -0.25) is 4.79 Å². The van der Waals surface area contributed by atoms with E-state index in [4.69, 9.17) is 11.6 Å². The first kappa shape index (κ1) is 15.4. The number of hydrogen-bond acceptors (Lipinski definition) is 4. The van der Waals surface area contributed by atoms with E-state index in [-0.39, 0.29) is 23.2 Å². The van der Waals surface area contributed by atoms with Gasteiger partial charge in [0.05, 0.1) is 11.3 Å². The molecule has 25 heavy (non-hydrogen) atoms. The highest BCUT2D eigenvalue weighted by Crippen LogP contribution is 2.47. The normalized spacial score (nSPS) is 31.4. The maximum absolute atomic E-state index is 11.9. The van der Waals surface area contributed by atoms with E-state index in [1.807, 2.05) is 12.3 Å². The number of rotatable bonds is 4. The number of hydrogen-bond donors (Lipinski definition) is 2. The first-order valence-electron chi connectivity index (χ1n) is 9.15. The first-order valence-corrected chi connectivity index (χ1v) is 9.53. The summed E-state index contributed by atoms with van der Waals surface area (Å²) in [5, 5.41) is 14.4. The number of carbonyl (C=O) groups is 1. The molecule has 0 spiro atoms. The van der Waals surface area contributed by atoms with Crippen LogP contribution in [0.5, 0.6) is 0 Å². The van der Waals surface area contributed by atoms with E-state index >= 15 is 0 Å². The topological polar surface area (TPSA) is 80.0 Å². The van der Waals surface area contributed by atoms with Crippen molar-refractivity contribution >= 4 is 34.4 Å². The zero-order chi connectivity index (χ0) is 17.1. The second kappa shape index (κ2) is 5.59. The molecule has 2 heterocycles. The maximum Gasteiger partial charge on any atom is 0.308 e. The van der Waals surface area contributed by atoms with Gasteiger partial charge < -0.3 is 15.0 Å². The fourth-order valence-electron chi connectivity index (χ4n) is 4.93. The van der Waals surface area contributed by atoms with Gasteiger partial charge in [0.15, 0.2) is 0 Å². The Kier molecular flexibility index (Phi) is 3.45. The predicted molar refractivity (Wildman–Crippen MR) is 94.8 cm³/mol. The van der Waals surface area contributed by atoms with Gasteiger partial charge in [-0.2, -0.15) is 4.98 Å². The van der Waals surface area contributed by atoms with Crippen molar-refractivity contribution in [2.75, 3.05) is 5.32 Å². The van der Waals surface area contributed by atoms with Crippen LogP contribution >= 0.6 is 11.6 Å². The number of fused-ring (bicyclic) bond motifs is 4. The van der Waals surface area contributed by atoms with Crippen molar-refractivity contribution in [1.82, 2.24) is 14.5 Å². The van der Waals surface area contributed by atoms with E-state index in [1.54, 1.807) is 0 Å². The van der Waals surface area contributed by atoms with E-state index in [9.17, 15) is 9.90 Å². The van der Waals surface area contributed by atoms with E-state index < -0.39 is 5.97 Å². The van der Waals surface area contributed by atoms with Gasteiger partial charge in [0, 0.05) is 18.3 Å². The standard InChI is InChI=1S/C18H21ClN4O2/c19-18-21-15(12-7-8-23(11-5-6-11)16(12)22-18)20-14-10-3-1-9(2-4-10)13(14)17(24)25/h7-11,13-14H,1-6H2,(H,24,25)(H,20,21,22). The second-order valence-electron chi connectivity index (χ2n) is 7.74. The molecule has 2 N–H and O–H groups in total. The molecule has 6 rings (SSSR count). The molecule has 2 atom stereocenters. The average Bonchev–Trinajstić information content (AvgIpc) is 3.35. The predicted octanol–water partition coefficient (Wildman–Crippen LogP) is 3.72. The zero-order valence-corrected chi connectivity index (χ0v) is 14.6. The molecule has 0 radical (unpaired) electrons. The summed E-state index contributed by atoms with van der Waals surface area (Å²) >= 11 is 6.18. The smallest absolute Gasteiger partial charge is 0.308 e. The Morgan fingerprint density at radius 3 is 2.56 bits per heavy atom. The van der Waals surface area contributed by atoms with Crippen LogP contribution in [0.25, 0.3) is 11.0 Å². The third-order valence-corrected chi connectivity index (χ3v) is 6.46. The summed E-state index contributed by atoms with van der Waals surface area (Å²) in [5.41, 5.74) is 0.845. The number of halogens is 1. The van der Waals surface area contributed by atoms with Crippen LogP contribution in [-0.4, -0.2) is 31.7 Å². The third-order valence-electron chi connectivity index (χ3n) is 6.29. The minimum Gasteiger partial charge on any atom is -0.481 e.